The molecule has 0 aliphatic rings. The first-order chi connectivity index (χ1) is 12.8. The lowest BCUT2D eigenvalue weighted by Gasteiger charge is -2.21. The number of benzene rings is 1. The lowest BCUT2D eigenvalue weighted by molar-refractivity contribution is -0.152. The van der Waals surface area contributed by atoms with E-state index in [4.69, 9.17) is 9.47 Å². The Bertz CT molecular complexity index is 669. The van der Waals surface area contributed by atoms with Crippen LogP contribution in [0.5, 0.6) is 5.75 Å². The normalized spacial score (nSPS) is 12.4. The summed E-state index contributed by atoms with van der Waals surface area (Å²) in [6.07, 6.45) is 0.663. The Labute approximate surface area is 158 Å². The molecule has 0 saturated heterocycles. The number of methoxy groups -OCH3 is 1. The van der Waals surface area contributed by atoms with Gasteiger partial charge in [0.05, 0.1) is 7.11 Å². The minimum absolute atomic E-state index is 0.0744. The van der Waals surface area contributed by atoms with Crippen molar-refractivity contribution in [1.82, 2.24) is 5.32 Å². The van der Waals surface area contributed by atoms with Crippen molar-refractivity contribution in [2.24, 2.45) is 5.92 Å². The standard InChI is InChI=1S/C19H25NO7/c1-5-12(2)18(19(24)25-4)20-16(22)10-27-17(23)11-26-15-8-6-14(7-9-15)13(3)21/h6-9,12,18H,5,10-11H2,1-4H3,(H,20,22)/t12-,18+/m0/s1. The maximum atomic E-state index is 11.9. The SMILES string of the molecule is CC[C@H](C)[C@@H](NC(=O)COC(=O)COc1ccc(C(C)=O)cc1)C(=O)OC. The molecular formula is C19H25NO7. The van der Waals surface area contributed by atoms with Crippen molar-refractivity contribution in [1.29, 1.82) is 0 Å². The van der Waals surface area contributed by atoms with Crippen LogP contribution in [0, 0.1) is 5.92 Å². The number of amides is 1. The van der Waals surface area contributed by atoms with Crippen LogP contribution < -0.4 is 10.1 Å². The van der Waals surface area contributed by atoms with Gasteiger partial charge in [0, 0.05) is 5.56 Å². The monoisotopic (exact) mass is 379 g/mol. The molecule has 0 bridgehead atoms. The summed E-state index contributed by atoms with van der Waals surface area (Å²) in [5, 5.41) is 2.50. The molecule has 0 saturated carbocycles. The Morgan fingerprint density at radius 2 is 1.70 bits per heavy atom. The van der Waals surface area contributed by atoms with Crippen molar-refractivity contribution < 1.29 is 33.4 Å². The molecule has 1 rings (SSSR count). The van der Waals surface area contributed by atoms with E-state index < -0.39 is 37.1 Å². The van der Waals surface area contributed by atoms with Crippen molar-refractivity contribution in [3.8, 4) is 5.75 Å². The number of Topliss-reactive ketones (excluding diaryl/α,β-unsaturated/α-hetero) is 1. The third-order valence-electron chi connectivity index (χ3n) is 3.97. The maximum absolute atomic E-state index is 11.9. The minimum Gasteiger partial charge on any atom is -0.482 e. The zero-order valence-electron chi connectivity index (χ0n) is 15.9. The highest BCUT2D eigenvalue weighted by Gasteiger charge is 2.26. The van der Waals surface area contributed by atoms with Gasteiger partial charge in [-0.05, 0) is 37.1 Å². The van der Waals surface area contributed by atoms with Crippen molar-refractivity contribution in [2.45, 2.75) is 33.2 Å². The Morgan fingerprint density at radius 3 is 2.22 bits per heavy atom. The molecule has 2 atom stereocenters. The quantitative estimate of drug-likeness (QED) is 0.485. The first-order valence-corrected chi connectivity index (χ1v) is 8.55. The highest BCUT2D eigenvalue weighted by Crippen LogP contribution is 2.12. The van der Waals surface area contributed by atoms with Crippen LogP contribution in [-0.4, -0.2) is 50.0 Å². The second kappa shape index (κ2) is 10.9. The van der Waals surface area contributed by atoms with Crippen LogP contribution in [0.4, 0.5) is 0 Å². The van der Waals surface area contributed by atoms with Crippen LogP contribution in [-0.2, 0) is 23.9 Å². The molecule has 0 spiro atoms. The zero-order valence-corrected chi connectivity index (χ0v) is 15.9. The van der Waals surface area contributed by atoms with Crippen molar-refractivity contribution in [3.05, 3.63) is 29.8 Å². The average Bonchev–Trinajstić information content (AvgIpc) is 2.67. The lowest BCUT2D eigenvalue weighted by atomic mass is 9.99. The zero-order chi connectivity index (χ0) is 20.4. The summed E-state index contributed by atoms with van der Waals surface area (Å²) in [4.78, 5) is 46.5. The van der Waals surface area contributed by atoms with E-state index in [1.165, 1.54) is 14.0 Å². The summed E-state index contributed by atoms with van der Waals surface area (Å²) < 4.78 is 14.7. The van der Waals surface area contributed by atoms with Crippen molar-refractivity contribution in [2.75, 3.05) is 20.3 Å². The van der Waals surface area contributed by atoms with Crippen molar-refractivity contribution >= 4 is 23.6 Å². The smallest absolute Gasteiger partial charge is 0.344 e. The molecule has 27 heavy (non-hydrogen) atoms. The Morgan fingerprint density at radius 1 is 1.07 bits per heavy atom. The minimum atomic E-state index is -0.803. The number of hydrogen-bond donors (Lipinski definition) is 1. The summed E-state index contributed by atoms with van der Waals surface area (Å²) in [5.74, 6) is -1.71. The van der Waals surface area contributed by atoms with Gasteiger partial charge in [-0.2, -0.15) is 0 Å². The lowest BCUT2D eigenvalue weighted by Crippen LogP contribution is -2.47. The second-order valence-corrected chi connectivity index (χ2v) is 5.98. The van der Waals surface area contributed by atoms with Gasteiger partial charge in [-0.3, -0.25) is 9.59 Å². The predicted octanol–water partition coefficient (Wildman–Crippen LogP) is 1.52. The molecule has 0 aliphatic heterocycles. The first kappa shape index (κ1) is 22.1. The van der Waals surface area contributed by atoms with E-state index in [1.54, 1.807) is 31.2 Å². The second-order valence-electron chi connectivity index (χ2n) is 5.98. The molecule has 0 unspecified atom stereocenters. The molecule has 1 amide bonds. The molecule has 0 aromatic heterocycles. The topological polar surface area (TPSA) is 108 Å². The fraction of sp³-hybridized carbons (Fsp3) is 0.474. The fourth-order valence-corrected chi connectivity index (χ4v) is 2.13. The van der Waals surface area contributed by atoms with Crippen LogP contribution in [0.3, 0.4) is 0 Å². The summed E-state index contributed by atoms with van der Waals surface area (Å²) in [7, 11) is 1.24. The van der Waals surface area contributed by atoms with Crippen LogP contribution >= 0.6 is 0 Å². The van der Waals surface area contributed by atoms with Crippen LogP contribution in [0.2, 0.25) is 0 Å². The number of nitrogens with one attached hydrogen (secondary N) is 1. The van der Waals surface area contributed by atoms with Crippen LogP contribution in [0.25, 0.3) is 0 Å². The van der Waals surface area contributed by atoms with Crippen LogP contribution in [0.1, 0.15) is 37.6 Å². The molecule has 0 fully saturated rings. The van der Waals surface area contributed by atoms with Gasteiger partial charge < -0.3 is 19.5 Å². The molecule has 8 nitrogen and oxygen atoms in total. The molecule has 8 heteroatoms. The van der Waals surface area contributed by atoms with E-state index >= 15 is 0 Å². The molecular weight excluding hydrogens is 354 g/mol. The maximum Gasteiger partial charge on any atom is 0.344 e. The number of ketones is 1. The Hall–Kier alpha value is -2.90. The molecule has 148 valence electrons. The summed E-state index contributed by atoms with van der Waals surface area (Å²) >= 11 is 0. The highest BCUT2D eigenvalue weighted by molar-refractivity contribution is 5.94. The van der Waals surface area contributed by atoms with Crippen LogP contribution in [0.15, 0.2) is 24.3 Å². The van der Waals surface area contributed by atoms with Gasteiger partial charge >= 0.3 is 11.9 Å². The average molecular weight is 379 g/mol. The van der Waals surface area contributed by atoms with E-state index in [0.29, 0.717) is 17.7 Å². The molecule has 1 aromatic rings. The molecule has 0 aliphatic carbocycles. The van der Waals surface area contributed by atoms with E-state index in [2.05, 4.69) is 10.1 Å². The van der Waals surface area contributed by atoms with E-state index in [-0.39, 0.29) is 11.7 Å². The van der Waals surface area contributed by atoms with Gasteiger partial charge in [0.15, 0.2) is 19.0 Å². The third-order valence-corrected chi connectivity index (χ3v) is 3.97. The van der Waals surface area contributed by atoms with Gasteiger partial charge in [0.25, 0.3) is 5.91 Å². The Kier molecular flexibility index (Phi) is 8.98. The number of carbonyl (C=O) groups is 4. The summed E-state index contributed by atoms with van der Waals surface area (Å²) in [6, 6.07) is 5.48. The molecule has 1 aromatic carbocycles. The number of carbonyl (C=O) groups excluding carboxylic acids is 4. The first-order valence-electron chi connectivity index (χ1n) is 8.55. The van der Waals surface area contributed by atoms with Gasteiger partial charge in [-0.25, -0.2) is 9.59 Å². The number of hydrogen-bond acceptors (Lipinski definition) is 7. The summed E-state index contributed by atoms with van der Waals surface area (Å²) in [5.41, 5.74) is 0.531. The van der Waals surface area contributed by atoms with E-state index in [1.807, 2.05) is 6.92 Å². The number of rotatable bonds is 10. The molecule has 1 N–H and O–H groups in total. The van der Waals surface area contributed by atoms with E-state index in [0.717, 1.165) is 0 Å². The summed E-state index contributed by atoms with van der Waals surface area (Å²) in [6.45, 7) is 4.21. The number of esters is 2. The highest BCUT2D eigenvalue weighted by atomic mass is 16.6. The predicted molar refractivity (Wildman–Crippen MR) is 96.3 cm³/mol. The molecule has 0 heterocycles. The van der Waals surface area contributed by atoms with Gasteiger partial charge in [-0.1, -0.05) is 20.3 Å². The van der Waals surface area contributed by atoms with Gasteiger partial charge in [0.2, 0.25) is 0 Å². The van der Waals surface area contributed by atoms with Gasteiger partial charge in [-0.15, -0.1) is 0 Å². The molecule has 0 radical (unpaired) electrons. The fourth-order valence-electron chi connectivity index (χ4n) is 2.13. The largest absolute Gasteiger partial charge is 0.482 e. The van der Waals surface area contributed by atoms with E-state index in [9.17, 15) is 19.2 Å². The number of ether oxygens (including phenoxy) is 3. The van der Waals surface area contributed by atoms with Gasteiger partial charge in [0.1, 0.15) is 11.8 Å². The van der Waals surface area contributed by atoms with Crippen molar-refractivity contribution in [3.63, 3.8) is 0 Å². The Balaban J connectivity index is 2.43. The third kappa shape index (κ3) is 7.47.